The van der Waals surface area contributed by atoms with E-state index >= 15 is 0 Å². The summed E-state index contributed by atoms with van der Waals surface area (Å²) in [6.07, 6.45) is 4.55. The Hall–Kier alpha value is -2.48. The van der Waals surface area contributed by atoms with Crippen molar-refractivity contribution in [2.24, 2.45) is 5.92 Å². The van der Waals surface area contributed by atoms with Crippen LogP contribution in [0.25, 0.3) is 5.65 Å². The third kappa shape index (κ3) is 3.09. The molecule has 2 fully saturated rings. The number of imide groups is 1. The zero-order valence-corrected chi connectivity index (χ0v) is 13.7. The molecule has 0 unspecified atom stereocenters. The van der Waals surface area contributed by atoms with Gasteiger partial charge in [0.1, 0.15) is 0 Å². The summed E-state index contributed by atoms with van der Waals surface area (Å²) < 4.78 is 20.7. The van der Waals surface area contributed by atoms with E-state index in [1.54, 1.807) is 27.8 Å². The second kappa shape index (κ2) is 6.44. The highest BCUT2D eigenvalue weighted by atomic mass is 19.1. The molecular formula is C17H19FN4O3. The van der Waals surface area contributed by atoms with Gasteiger partial charge in [-0.25, -0.2) is 14.2 Å². The third-order valence-electron chi connectivity index (χ3n) is 4.71. The van der Waals surface area contributed by atoms with Crippen LogP contribution in [0, 0.1) is 11.7 Å². The topological polar surface area (TPSA) is 67.2 Å². The molecule has 0 aromatic carbocycles. The van der Waals surface area contributed by atoms with Crippen LogP contribution in [0.15, 0.2) is 24.5 Å². The van der Waals surface area contributed by atoms with Gasteiger partial charge in [-0.05, 0) is 18.6 Å². The molecule has 0 N–H and O–H groups in total. The molecule has 0 radical (unpaired) electrons. The monoisotopic (exact) mass is 346 g/mol. The second-order valence-corrected chi connectivity index (χ2v) is 6.51. The average Bonchev–Trinajstić information content (AvgIpc) is 3.24. The third-order valence-corrected chi connectivity index (χ3v) is 4.71. The lowest BCUT2D eigenvalue weighted by Gasteiger charge is -2.35. The first kappa shape index (κ1) is 16.0. The first-order valence-electron chi connectivity index (χ1n) is 8.41. The molecule has 8 heteroatoms. The van der Waals surface area contributed by atoms with Crippen molar-refractivity contribution in [1.29, 1.82) is 0 Å². The Bertz CT molecular complexity index is 815. The maximum absolute atomic E-state index is 13.8. The van der Waals surface area contributed by atoms with Crippen LogP contribution in [0.3, 0.4) is 0 Å². The Morgan fingerprint density at radius 2 is 2.24 bits per heavy atom. The van der Waals surface area contributed by atoms with Crippen molar-refractivity contribution in [1.82, 2.24) is 19.2 Å². The van der Waals surface area contributed by atoms with Crippen molar-refractivity contribution in [3.05, 3.63) is 36.0 Å². The number of imidazole rings is 1. The number of nitrogens with zero attached hydrogens (tertiary/aromatic N) is 4. The van der Waals surface area contributed by atoms with Gasteiger partial charge in [-0.1, -0.05) is 0 Å². The van der Waals surface area contributed by atoms with Gasteiger partial charge in [-0.3, -0.25) is 9.69 Å². The van der Waals surface area contributed by atoms with Crippen LogP contribution in [0.2, 0.25) is 0 Å². The van der Waals surface area contributed by atoms with Crippen molar-refractivity contribution >= 4 is 17.6 Å². The number of halogens is 1. The molecule has 0 bridgehead atoms. The Labute approximate surface area is 144 Å². The molecule has 2 saturated heterocycles. The van der Waals surface area contributed by atoms with Crippen LogP contribution in [0.4, 0.5) is 9.18 Å². The van der Waals surface area contributed by atoms with E-state index in [1.807, 2.05) is 0 Å². The predicted octanol–water partition coefficient (Wildman–Crippen LogP) is 1.66. The summed E-state index contributed by atoms with van der Waals surface area (Å²) in [5, 5.41) is 0. The van der Waals surface area contributed by atoms with Gasteiger partial charge in [0.25, 0.3) is 0 Å². The maximum atomic E-state index is 13.8. The van der Waals surface area contributed by atoms with Crippen molar-refractivity contribution < 1.29 is 18.7 Å². The number of urea groups is 1. The molecule has 3 amide bonds. The summed E-state index contributed by atoms with van der Waals surface area (Å²) >= 11 is 0. The van der Waals surface area contributed by atoms with Crippen LogP contribution in [0.1, 0.15) is 18.5 Å². The van der Waals surface area contributed by atoms with Gasteiger partial charge in [0.15, 0.2) is 11.5 Å². The lowest BCUT2D eigenvalue weighted by Crippen LogP contribution is -2.53. The quantitative estimate of drug-likeness (QED) is 0.844. The molecule has 4 rings (SSSR count). The molecule has 4 heterocycles. The maximum Gasteiger partial charge on any atom is 0.327 e. The Morgan fingerprint density at radius 3 is 3.00 bits per heavy atom. The highest BCUT2D eigenvalue weighted by Gasteiger charge is 2.34. The van der Waals surface area contributed by atoms with Gasteiger partial charge in [-0.15, -0.1) is 0 Å². The highest BCUT2D eigenvalue weighted by molar-refractivity contribution is 5.96. The van der Waals surface area contributed by atoms with E-state index in [0.717, 1.165) is 13.0 Å². The summed E-state index contributed by atoms with van der Waals surface area (Å²) in [6, 6.07) is 2.60. The lowest BCUT2D eigenvalue weighted by atomic mass is 10.1. The van der Waals surface area contributed by atoms with Gasteiger partial charge in [-0.2, -0.15) is 0 Å². The molecule has 2 aliphatic rings. The molecule has 25 heavy (non-hydrogen) atoms. The summed E-state index contributed by atoms with van der Waals surface area (Å²) in [5.74, 6) is -0.336. The normalized spacial score (nSPS) is 21.6. The number of rotatable bonds is 4. The molecule has 2 aliphatic heterocycles. The lowest BCUT2D eigenvalue weighted by molar-refractivity contribution is -0.131. The Kier molecular flexibility index (Phi) is 4.12. The van der Waals surface area contributed by atoms with Crippen LogP contribution in [-0.2, 0) is 16.1 Å². The van der Waals surface area contributed by atoms with Crippen LogP contribution < -0.4 is 0 Å². The fourth-order valence-corrected chi connectivity index (χ4v) is 3.37. The molecule has 0 spiro atoms. The van der Waals surface area contributed by atoms with E-state index in [9.17, 15) is 14.0 Å². The van der Waals surface area contributed by atoms with Crippen LogP contribution in [0.5, 0.6) is 0 Å². The summed E-state index contributed by atoms with van der Waals surface area (Å²) in [4.78, 5) is 32.0. The minimum Gasteiger partial charge on any atom is -0.381 e. The molecule has 2 aromatic heterocycles. The van der Waals surface area contributed by atoms with E-state index in [1.165, 1.54) is 11.0 Å². The Morgan fingerprint density at radius 1 is 1.36 bits per heavy atom. The first-order valence-corrected chi connectivity index (χ1v) is 8.41. The van der Waals surface area contributed by atoms with Gasteiger partial charge in [0, 0.05) is 44.4 Å². The SMILES string of the molecule is O=C1CCN(C[C@@H]2CCOC2)C(=O)N1Cc1cn2cccc(F)c2n1. The van der Waals surface area contributed by atoms with Gasteiger partial charge >= 0.3 is 6.03 Å². The van der Waals surface area contributed by atoms with E-state index < -0.39 is 5.82 Å². The largest absolute Gasteiger partial charge is 0.381 e. The number of carbonyl (C=O) groups excluding carboxylic acids is 2. The van der Waals surface area contributed by atoms with Crippen molar-refractivity contribution in [2.45, 2.75) is 19.4 Å². The number of fused-ring (bicyclic) bond motifs is 1. The highest BCUT2D eigenvalue weighted by Crippen LogP contribution is 2.20. The van der Waals surface area contributed by atoms with E-state index in [-0.39, 0.29) is 24.1 Å². The second-order valence-electron chi connectivity index (χ2n) is 6.51. The smallest absolute Gasteiger partial charge is 0.327 e. The molecule has 2 aromatic rings. The predicted molar refractivity (Wildman–Crippen MR) is 86.2 cm³/mol. The van der Waals surface area contributed by atoms with Gasteiger partial charge in [0.2, 0.25) is 5.91 Å². The number of hydrogen-bond donors (Lipinski definition) is 0. The first-order chi connectivity index (χ1) is 12.1. The van der Waals surface area contributed by atoms with Gasteiger partial charge < -0.3 is 14.0 Å². The number of amides is 3. The molecule has 1 atom stereocenters. The number of carbonyl (C=O) groups is 2. The minimum absolute atomic E-state index is 0.0520. The van der Waals surface area contributed by atoms with E-state index in [2.05, 4.69) is 4.98 Å². The minimum atomic E-state index is -0.437. The number of ether oxygens (including phenoxy) is 1. The average molecular weight is 346 g/mol. The Balaban J connectivity index is 1.51. The van der Waals surface area contributed by atoms with Crippen molar-refractivity contribution in [3.8, 4) is 0 Å². The standard InChI is InChI=1S/C17H19FN4O3/c18-14-2-1-5-20-9-13(19-16(14)20)10-22-15(23)3-6-21(17(22)24)8-12-4-7-25-11-12/h1-2,5,9,12H,3-4,6-8,10-11H2/t12-/m0/s1. The zero-order valence-electron chi connectivity index (χ0n) is 13.7. The summed E-state index contributed by atoms with van der Waals surface area (Å²) in [7, 11) is 0. The fourth-order valence-electron chi connectivity index (χ4n) is 3.37. The molecule has 132 valence electrons. The molecular weight excluding hydrogens is 327 g/mol. The molecule has 0 saturated carbocycles. The van der Waals surface area contributed by atoms with E-state index in [0.29, 0.717) is 37.7 Å². The van der Waals surface area contributed by atoms with Crippen LogP contribution >= 0.6 is 0 Å². The van der Waals surface area contributed by atoms with E-state index in [4.69, 9.17) is 4.74 Å². The summed E-state index contributed by atoms with van der Waals surface area (Å²) in [5.41, 5.74) is 0.673. The molecule has 0 aliphatic carbocycles. The summed E-state index contributed by atoms with van der Waals surface area (Å²) in [6.45, 7) is 2.47. The number of pyridine rings is 1. The zero-order chi connectivity index (χ0) is 17.4. The van der Waals surface area contributed by atoms with Crippen LogP contribution in [-0.4, -0.2) is 57.4 Å². The van der Waals surface area contributed by atoms with Gasteiger partial charge in [0.05, 0.1) is 18.8 Å². The number of hydrogen-bond acceptors (Lipinski definition) is 4. The van der Waals surface area contributed by atoms with Crippen molar-refractivity contribution in [2.75, 3.05) is 26.3 Å². The number of aromatic nitrogens is 2. The molecule has 7 nitrogen and oxygen atoms in total. The van der Waals surface area contributed by atoms with Crippen molar-refractivity contribution in [3.63, 3.8) is 0 Å². The fraction of sp³-hybridized carbons (Fsp3) is 0.471.